The van der Waals surface area contributed by atoms with Crippen LogP contribution in [0.25, 0.3) is 0 Å². The Morgan fingerprint density at radius 2 is 2.50 bits per heavy atom. The summed E-state index contributed by atoms with van der Waals surface area (Å²) in [5, 5.41) is 0. The van der Waals surface area contributed by atoms with Crippen molar-refractivity contribution in [1.29, 1.82) is 0 Å². The summed E-state index contributed by atoms with van der Waals surface area (Å²) in [5.74, 6) is 4.81. The van der Waals surface area contributed by atoms with E-state index in [1.807, 2.05) is 0 Å². The standard InChI is InChI=1S/C3H9N3/c1-2-3-5-6-4/h2,5-6H,1,3-4H2. The molecule has 0 unspecified atom stereocenters. The number of nitrogens with two attached hydrogens (primary N) is 1. The number of hydrogen-bond donors (Lipinski definition) is 3. The predicted molar refractivity (Wildman–Crippen MR) is 25.5 cm³/mol. The quantitative estimate of drug-likeness (QED) is 0.182. The highest BCUT2D eigenvalue weighted by Gasteiger charge is 1.64. The Kier molecular flexibility index (Phi) is 4.33. The van der Waals surface area contributed by atoms with Crippen molar-refractivity contribution >= 4 is 0 Å². The van der Waals surface area contributed by atoms with Crippen molar-refractivity contribution < 1.29 is 0 Å². The molecular formula is C3H9N3. The van der Waals surface area contributed by atoms with Gasteiger partial charge in [0.15, 0.2) is 0 Å². The van der Waals surface area contributed by atoms with Crippen molar-refractivity contribution in [3.63, 3.8) is 0 Å². The maximum atomic E-state index is 4.81. The minimum absolute atomic E-state index is 0.691. The van der Waals surface area contributed by atoms with Gasteiger partial charge in [-0.25, -0.2) is 5.43 Å². The van der Waals surface area contributed by atoms with Gasteiger partial charge in [-0.05, 0) is 0 Å². The molecule has 0 aromatic rings. The molecule has 0 aromatic carbocycles. The zero-order valence-corrected chi connectivity index (χ0v) is 3.57. The molecule has 0 saturated heterocycles. The van der Waals surface area contributed by atoms with E-state index in [9.17, 15) is 0 Å². The first-order valence-electron chi connectivity index (χ1n) is 1.71. The van der Waals surface area contributed by atoms with Gasteiger partial charge in [0.1, 0.15) is 0 Å². The van der Waals surface area contributed by atoms with Crippen LogP contribution in [0.1, 0.15) is 0 Å². The third kappa shape index (κ3) is 3.62. The number of hydrogen-bond acceptors (Lipinski definition) is 3. The molecule has 0 radical (unpaired) electrons. The summed E-state index contributed by atoms with van der Waals surface area (Å²) in [5.41, 5.74) is 4.86. The molecule has 0 amide bonds. The van der Waals surface area contributed by atoms with E-state index in [2.05, 4.69) is 17.5 Å². The summed E-state index contributed by atoms with van der Waals surface area (Å²) < 4.78 is 0. The molecule has 4 N–H and O–H groups in total. The summed E-state index contributed by atoms with van der Waals surface area (Å²) in [6.45, 7) is 4.13. The Bertz CT molecular complexity index is 35.0. The van der Waals surface area contributed by atoms with E-state index in [0.717, 1.165) is 0 Å². The number of nitrogens with one attached hydrogen (secondary N) is 2. The van der Waals surface area contributed by atoms with Crippen LogP contribution in [0.2, 0.25) is 0 Å². The summed E-state index contributed by atoms with van der Waals surface area (Å²) >= 11 is 0. The van der Waals surface area contributed by atoms with Gasteiger partial charge in [-0.3, -0.25) is 5.84 Å². The molecular weight excluding hydrogens is 78.1 g/mol. The zero-order chi connectivity index (χ0) is 4.83. The van der Waals surface area contributed by atoms with E-state index in [4.69, 9.17) is 5.84 Å². The van der Waals surface area contributed by atoms with Crippen LogP contribution in [0, 0.1) is 0 Å². The first-order chi connectivity index (χ1) is 2.91. The lowest BCUT2D eigenvalue weighted by Crippen LogP contribution is -2.37. The van der Waals surface area contributed by atoms with Crippen LogP contribution in [0.4, 0.5) is 0 Å². The minimum atomic E-state index is 0.691. The van der Waals surface area contributed by atoms with E-state index < -0.39 is 0 Å². The lowest BCUT2D eigenvalue weighted by Gasteiger charge is -1.91. The SMILES string of the molecule is C=CCNNN. The molecule has 0 atom stereocenters. The lowest BCUT2D eigenvalue weighted by atomic mass is 10.7. The zero-order valence-electron chi connectivity index (χ0n) is 3.57. The molecule has 0 aromatic heterocycles. The second kappa shape index (κ2) is 4.62. The lowest BCUT2D eigenvalue weighted by molar-refractivity contribution is 0.595. The third-order valence-corrected chi connectivity index (χ3v) is 0.348. The maximum absolute atomic E-state index is 4.81. The van der Waals surface area contributed by atoms with Gasteiger partial charge in [0.2, 0.25) is 0 Å². The van der Waals surface area contributed by atoms with Crippen molar-refractivity contribution in [2.45, 2.75) is 0 Å². The van der Waals surface area contributed by atoms with Gasteiger partial charge >= 0.3 is 0 Å². The number of rotatable bonds is 3. The van der Waals surface area contributed by atoms with E-state index in [-0.39, 0.29) is 0 Å². The maximum Gasteiger partial charge on any atom is 0.0291 e. The fourth-order valence-corrected chi connectivity index (χ4v) is 0.131. The molecule has 0 rings (SSSR count). The first kappa shape index (κ1) is 5.62. The fourth-order valence-electron chi connectivity index (χ4n) is 0.131. The summed E-state index contributed by atoms with van der Waals surface area (Å²) in [6.07, 6.45) is 1.71. The highest BCUT2D eigenvalue weighted by molar-refractivity contribution is 4.66. The van der Waals surface area contributed by atoms with Crippen molar-refractivity contribution in [3.05, 3.63) is 12.7 Å². The van der Waals surface area contributed by atoms with Crippen LogP contribution in [-0.2, 0) is 0 Å². The molecule has 3 heteroatoms. The van der Waals surface area contributed by atoms with Crippen molar-refractivity contribution in [2.75, 3.05) is 6.54 Å². The van der Waals surface area contributed by atoms with Crippen LogP contribution < -0.4 is 16.8 Å². The Morgan fingerprint density at radius 1 is 1.83 bits per heavy atom. The third-order valence-electron chi connectivity index (χ3n) is 0.348. The topological polar surface area (TPSA) is 50.1 Å². The second-order valence-electron chi connectivity index (χ2n) is 0.814. The Morgan fingerprint density at radius 3 is 2.67 bits per heavy atom. The Balaban J connectivity index is 2.49. The summed E-state index contributed by atoms with van der Waals surface area (Å²) in [4.78, 5) is 0. The molecule has 0 fully saturated rings. The largest absolute Gasteiger partial charge is 0.258 e. The van der Waals surface area contributed by atoms with Crippen LogP contribution in [0.3, 0.4) is 0 Å². The van der Waals surface area contributed by atoms with Crippen LogP contribution in [0.15, 0.2) is 12.7 Å². The van der Waals surface area contributed by atoms with Gasteiger partial charge in [0.05, 0.1) is 0 Å². The molecule has 0 heterocycles. The summed E-state index contributed by atoms with van der Waals surface area (Å²) in [6, 6.07) is 0. The smallest absolute Gasteiger partial charge is 0.0291 e. The van der Waals surface area contributed by atoms with Gasteiger partial charge in [-0.1, -0.05) is 6.08 Å². The van der Waals surface area contributed by atoms with E-state index in [0.29, 0.717) is 6.54 Å². The molecule has 0 aliphatic heterocycles. The average molecular weight is 87.1 g/mol. The molecule has 0 spiro atoms. The molecule has 36 valence electrons. The Labute approximate surface area is 37.2 Å². The average Bonchev–Trinajstić information content (AvgIpc) is 1.61. The minimum Gasteiger partial charge on any atom is -0.258 e. The highest BCUT2D eigenvalue weighted by atomic mass is 15.5. The molecule has 0 aliphatic carbocycles. The molecule has 3 nitrogen and oxygen atoms in total. The molecule has 0 aliphatic rings. The second-order valence-corrected chi connectivity index (χ2v) is 0.814. The fraction of sp³-hybridized carbons (Fsp3) is 0.333. The normalized spacial score (nSPS) is 8.17. The van der Waals surface area contributed by atoms with Gasteiger partial charge in [0.25, 0.3) is 0 Å². The predicted octanol–water partition coefficient (Wildman–Crippen LogP) is -0.860. The molecule has 6 heavy (non-hydrogen) atoms. The van der Waals surface area contributed by atoms with Crippen LogP contribution in [0.5, 0.6) is 0 Å². The monoisotopic (exact) mass is 87.1 g/mol. The van der Waals surface area contributed by atoms with E-state index in [1.54, 1.807) is 6.08 Å². The van der Waals surface area contributed by atoms with Crippen LogP contribution >= 0.6 is 0 Å². The van der Waals surface area contributed by atoms with Gasteiger partial charge < -0.3 is 0 Å². The van der Waals surface area contributed by atoms with Crippen molar-refractivity contribution in [2.24, 2.45) is 5.84 Å². The van der Waals surface area contributed by atoms with Gasteiger partial charge in [0, 0.05) is 6.54 Å². The molecule has 0 saturated carbocycles. The van der Waals surface area contributed by atoms with E-state index >= 15 is 0 Å². The van der Waals surface area contributed by atoms with Crippen molar-refractivity contribution in [3.8, 4) is 0 Å². The highest BCUT2D eigenvalue weighted by Crippen LogP contribution is 1.48. The first-order valence-corrected chi connectivity index (χ1v) is 1.71. The number of hydrazine groups is 2. The Hall–Kier alpha value is -0.380. The van der Waals surface area contributed by atoms with Gasteiger partial charge in [-0.15, -0.1) is 6.58 Å². The van der Waals surface area contributed by atoms with E-state index in [1.165, 1.54) is 0 Å². The van der Waals surface area contributed by atoms with Crippen molar-refractivity contribution in [1.82, 2.24) is 11.0 Å². The van der Waals surface area contributed by atoms with Gasteiger partial charge in [-0.2, -0.15) is 5.53 Å². The van der Waals surface area contributed by atoms with Crippen LogP contribution in [-0.4, -0.2) is 6.54 Å². The summed E-state index contributed by atoms with van der Waals surface area (Å²) in [7, 11) is 0. The molecule has 0 bridgehead atoms.